The van der Waals surface area contributed by atoms with E-state index >= 15 is 0 Å². The largest absolute Gasteiger partial charge is 0.457 e. The van der Waals surface area contributed by atoms with Crippen LogP contribution in [0.3, 0.4) is 0 Å². The van der Waals surface area contributed by atoms with Crippen molar-refractivity contribution in [3.8, 4) is 62.1 Å². The Kier molecular flexibility index (Phi) is 8.38. The van der Waals surface area contributed by atoms with Gasteiger partial charge in [-0.05, 0) is 64.6 Å². The average Bonchev–Trinajstić information content (AvgIpc) is 3.87. The second-order valence-corrected chi connectivity index (χ2v) is 17.5. The van der Waals surface area contributed by atoms with E-state index in [1.54, 1.807) is 0 Å². The van der Waals surface area contributed by atoms with E-state index < -0.39 is 0 Å². The zero-order valence-electron chi connectivity index (χ0n) is 35.3. The summed E-state index contributed by atoms with van der Waals surface area (Å²) >= 11 is 0. The topological polar surface area (TPSA) is 46.4 Å². The van der Waals surface area contributed by atoms with E-state index in [0.717, 1.165) is 101 Å². The highest BCUT2D eigenvalue weighted by molar-refractivity contribution is 6.09. The van der Waals surface area contributed by atoms with E-state index in [2.05, 4.69) is 223 Å². The van der Waals surface area contributed by atoms with Crippen molar-refractivity contribution in [1.82, 2.24) is 14.5 Å². The minimum Gasteiger partial charge on any atom is -0.457 e. The summed E-state index contributed by atoms with van der Waals surface area (Å²) in [6.45, 7) is 7.37. The molecule has 8 bridgehead atoms. The maximum atomic E-state index is 6.98. The van der Waals surface area contributed by atoms with Crippen LogP contribution in [0.4, 0.5) is 22.9 Å². The minimum atomic E-state index is -0.165. The van der Waals surface area contributed by atoms with E-state index in [1.165, 1.54) is 5.56 Å². The average molecular weight is 814 g/mol. The standard InChI is InChI=1S/C57H43N5O/c1-57(2,3)39-31-49-44-22-11-10-21-43(44)47-25-16-24-42(37-17-6-4-7-18-37)56(47)61-36-60(51-27-14-15-28-52(51)61)54-35-41(33-48(58-54)38-19-8-5-9-20-38)63-40-29-30-46-45-23-12-13-26-50(45)62(53(46)34-40)55(32-39)59-49/h4-35H,36H2,1-3H3. The van der Waals surface area contributed by atoms with Gasteiger partial charge in [0.25, 0.3) is 0 Å². The Labute approximate surface area is 366 Å². The highest BCUT2D eigenvalue weighted by Crippen LogP contribution is 2.52. The van der Waals surface area contributed by atoms with Crippen molar-refractivity contribution in [2.24, 2.45) is 0 Å². The molecule has 0 spiro atoms. The van der Waals surface area contributed by atoms with Gasteiger partial charge in [-0.1, -0.05) is 154 Å². The summed E-state index contributed by atoms with van der Waals surface area (Å²) < 4.78 is 9.29. The maximum Gasteiger partial charge on any atom is 0.138 e. The van der Waals surface area contributed by atoms with Gasteiger partial charge in [0, 0.05) is 51.2 Å². The van der Waals surface area contributed by atoms with Crippen LogP contribution >= 0.6 is 0 Å². The molecule has 0 fully saturated rings. The number of ether oxygens (including phenoxy) is 1. The molecule has 0 N–H and O–H groups in total. The lowest BCUT2D eigenvalue weighted by atomic mass is 9.85. The van der Waals surface area contributed by atoms with Crippen LogP contribution in [0.15, 0.2) is 194 Å². The molecule has 0 amide bonds. The molecular formula is C57H43N5O. The van der Waals surface area contributed by atoms with Gasteiger partial charge in [-0.25, -0.2) is 9.97 Å². The number of hydrogen-bond acceptors (Lipinski definition) is 5. The fourth-order valence-electron chi connectivity index (χ4n) is 9.49. The van der Waals surface area contributed by atoms with Gasteiger partial charge in [0.2, 0.25) is 0 Å². The Balaban J connectivity index is 1.21. The van der Waals surface area contributed by atoms with Gasteiger partial charge in [-0.3, -0.25) is 4.57 Å². The molecule has 0 atom stereocenters. The lowest BCUT2D eigenvalue weighted by Gasteiger charge is -2.28. The van der Waals surface area contributed by atoms with Crippen molar-refractivity contribution in [3.05, 3.63) is 200 Å². The number of benzene rings is 7. The molecule has 6 nitrogen and oxygen atoms in total. The molecule has 2 aliphatic rings. The number of rotatable bonds is 2. The van der Waals surface area contributed by atoms with Crippen molar-refractivity contribution < 1.29 is 4.74 Å². The molecule has 0 unspecified atom stereocenters. The summed E-state index contributed by atoms with van der Waals surface area (Å²) in [5.74, 6) is 3.08. The van der Waals surface area contributed by atoms with Crippen LogP contribution in [0.1, 0.15) is 26.3 Å². The van der Waals surface area contributed by atoms with Gasteiger partial charge in [-0.15, -0.1) is 0 Å². The van der Waals surface area contributed by atoms with Crippen LogP contribution in [0.2, 0.25) is 0 Å². The Hall–Kier alpha value is -7.96. The van der Waals surface area contributed by atoms with Crippen LogP contribution in [-0.2, 0) is 5.41 Å². The number of nitrogens with zero attached hydrogens (tertiary/aromatic N) is 5. The second-order valence-electron chi connectivity index (χ2n) is 17.5. The van der Waals surface area contributed by atoms with Crippen LogP contribution in [0, 0.1) is 0 Å². The molecule has 5 heterocycles. The normalized spacial score (nSPS) is 13.0. The molecule has 12 rings (SSSR count). The van der Waals surface area contributed by atoms with Crippen molar-refractivity contribution in [3.63, 3.8) is 0 Å². The van der Waals surface area contributed by atoms with E-state index in [-0.39, 0.29) is 5.41 Å². The third-order valence-electron chi connectivity index (χ3n) is 12.5. The monoisotopic (exact) mass is 813 g/mol. The smallest absolute Gasteiger partial charge is 0.138 e. The first-order valence-electron chi connectivity index (χ1n) is 21.6. The SMILES string of the molecule is CC(C)(C)c1cc2nc(c1)-n1c3ccccc3c3ccc(cc31)Oc1cc(-c3ccccc3)nc(c1)N1CN(c3ccccc31)c1c(-c3ccccc3)cccc1-c1ccccc1-2. The van der Waals surface area contributed by atoms with E-state index in [4.69, 9.17) is 14.7 Å². The molecule has 0 radical (unpaired) electrons. The molecule has 0 saturated carbocycles. The molecular weight excluding hydrogens is 771 g/mol. The third-order valence-corrected chi connectivity index (χ3v) is 12.5. The van der Waals surface area contributed by atoms with Crippen molar-refractivity contribution in [1.29, 1.82) is 0 Å². The summed E-state index contributed by atoms with van der Waals surface area (Å²) in [6.07, 6.45) is 0. The van der Waals surface area contributed by atoms with Crippen LogP contribution < -0.4 is 14.5 Å². The van der Waals surface area contributed by atoms with E-state index in [1.807, 2.05) is 6.07 Å². The van der Waals surface area contributed by atoms with Gasteiger partial charge >= 0.3 is 0 Å². The quantitative estimate of drug-likeness (QED) is 0.174. The maximum absolute atomic E-state index is 6.98. The number of pyridine rings is 2. The molecule has 3 aromatic heterocycles. The fourth-order valence-corrected chi connectivity index (χ4v) is 9.49. The Morgan fingerprint density at radius 3 is 1.87 bits per heavy atom. The summed E-state index contributed by atoms with van der Waals surface area (Å²) in [4.78, 5) is 15.8. The zero-order valence-corrected chi connectivity index (χ0v) is 35.3. The van der Waals surface area contributed by atoms with E-state index in [0.29, 0.717) is 12.4 Å². The molecule has 0 aliphatic carbocycles. The lowest BCUT2D eigenvalue weighted by molar-refractivity contribution is 0.483. The molecule has 6 heteroatoms. The molecule has 2 aliphatic heterocycles. The van der Waals surface area contributed by atoms with Gasteiger partial charge in [0.15, 0.2) is 0 Å². The van der Waals surface area contributed by atoms with Gasteiger partial charge in [0.1, 0.15) is 29.8 Å². The zero-order chi connectivity index (χ0) is 42.2. The molecule has 0 saturated heterocycles. The summed E-state index contributed by atoms with van der Waals surface area (Å²) in [5.41, 5.74) is 14.7. The number of aromatic nitrogens is 3. The van der Waals surface area contributed by atoms with Gasteiger partial charge < -0.3 is 14.5 Å². The summed E-state index contributed by atoms with van der Waals surface area (Å²) in [5, 5.41) is 2.29. The predicted octanol–water partition coefficient (Wildman–Crippen LogP) is 14.9. The highest BCUT2D eigenvalue weighted by Gasteiger charge is 2.33. The van der Waals surface area contributed by atoms with E-state index in [9.17, 15) is 0 Å². The molecule has 7 aromatic carbocycles. The first-order valence-corrected chi connectivity index (χ1v) is 21.6. The van der Waals surface area contributed by atoms with Crippen LogP contribution in [0.5, 0.6) is 11.5 Å². The van der Waals surface area contributed by atoms with Crippen LogP contribution in [0.25, 0.3) is 72.4 Å². The summed E-state index contributed by atoms with van der Waals surface area (Å²) in [7, 11) is 0. The minimum absolute atomic E-state index is 0.165. The van der Waals surface area contributed by atoms with Crippen molar-refractivity contribution in [2.75, 3.05) is 16.5 Å². The van der Waals surface area contributed by atoms with Gasteiger partial charge in [0.05, 0.1) is 39.5 Å². The predicted molar refractivity (Wildman–Crippen MR) is 259 cm³/mol. The first-order chi connectivity index (χ1) is 30.9. The highest BCUT2D eigenvalue weighted by atomic mass is 16.5. The van der Waals surface area contributed by atoms with Crippen molar-refractivity contribution in [2.45, 2.75) is 26.2 Å². The fraction of sp³-hybridized carbons (Fsp3) is 0.0877. The Morgan fingerprint density at radius 1 is 0.444 bits per heavy atom. The van der Waals surface area contributed by atoms with Gasteiger partial charge in [-0.2, -0.15) is 0 Å². The number of fused-ring (bicyclic) bond motifs is 20. The second kappa shape index (κ2) is 14.3. The van der Waals surface area contributed by atoms with Crippen molar-refractivity contribution >= 4 is 44.7 Å². The number of para-hydroxylation sites is 4. The molecule has 302 valence electrons. The molecule has 10 aromatic rings. The summed E-state index contributed by atoms with van der Waals surface area (Å²) in [6, 6.07) is 69.0. The van der Waals surface area contributed by atoms with Crippen LogP contribution in [-0.4, -0.2) is 21.2 Å². The number of anilines is 4. The Bertz CT molecular complexity index is 3400. The molecule has 63 heavy (non-hydrogen) atoms. The first kappa shape index (κ1) is 36.9. The Morgan fingerprint density at radius 2 is 1.08 bits per heavy atom. The number of hydrogen-bond donors (Lipinski definition) is 0. The third kappa shape index (κ3) is 6.17. The lowest BCUT2D eigenvalue weighted by Crippen LogP contribution is -2.25.